The van der Waals surface area contributed by atoms with Crippen molar-refractivity contribution < 1.29 is 9.84 Å². The zero-order valence-corrected chi connectivity index (χ0v) is 18.0. The quantitative estimate of drug-likeness (QED) is 0.535. The number of rotatable bonds is 7. The Kier molecular flexibility index (Phi) is 7.39. The Morgan fingerprint density at radius 3 is 3.15 bits per heavy atom. The molecular formula is C20H31N3O2S2. The molecule has 1 aromatic rings. The third-order valence-electron chi connectivity index (χ3n) is 5.51. The SMILES string of the molecule is CSCCN=CC(=CN)CN1CCC2(C[C@@H]1C)OCCc1cc(CO)sc12. The van der Waals surface area contributed by atoms with Crippen molar-refractivity contribution in [3.63, 3.8) is 0 Å². The van der Waals surface area contributed by atoms with Crippen LogP contribution in [0, 0.1) is 0 Å². The lowest BCUT2D eigenvalue weighted by Gasteiger charge is -2.47. The first kappa shape index (κ1) is 20.9. The van der Waals surface area contributed by atoms with Crippen molar-refractivity contribution in [3.05, 3.63) is 33.2 Å². The smallest absolute Gasteiger partial charge is 0.105 e. The van der Waals surface area contributed by atoms with Crippen LogP contribution in [0.15, 0.2) is 22.8 Å². The number of aliphatic hydroxyl groups excluding tert-OH is 1. The van der Waals surface area contributed by atoms with Crippen molar-refractivity contribution in [2.24, 2.45) is 10.7 Å². The van der Waals surface area contributed by atoms with Crippen LogP contribution in [0.3, 0.4) is 0 Å². The molecule has 150 valence electrons. The van der Waals surface area contributed by atoms with E-state index in [1.54, 1.807) is 29.3 Å². The van der Waals surface area contributed by atoms with E-state index in [0.717, 1.165) is 61.7 Å². The number of likely N-dealkylation sites (tertiary alicyclic amines) is 1. The van der Waals surface area contributed by atoms with Gasteiger partial charge in [0, 0.05) is 47.4 Å². The van der Waals surface area contributed by atoms with E-state index in [-0.39, 0.29) is 12.2 Å². The Bertz CT molecular complexity index is 689. The number of nitrogens with zero attached hydrogens (tertiary/aromatic N) is 2. The van der Waals surface area contributed by atoms with Gasteiger partial charge in [-0.3, -0.25) is 9.89 Å². The second-order valence-corrected chi connectivity index (χ2v) is 9.48. The lowest BCUT2D eigenvalue weighted by atomic mass is 9.82. The number of thiophene rings is 1. The Morgan fingerprint density at radius 2 is 2.44 bits per heavy atom. The highest BCUT2D eigenvalue weighted by atomic mass is 32.2. The Labute approximate surface area is 170 Å². The Hall–Kier alpha value is -0.860. The highest BCUT2D eigenvalue weighted by Crippen LogP contribution is 2.47. The zero-order valence-electron chi connectivity index (χ0n) is 16.3. The number of aliphatic imine (C=N–C) groups is 1. The van der Waals surface area contributed by atoms with Crippen LogP contribution in [-0.2, 0) is 23.4 Å². The lowest BCUT2D eigenvalue weighted by molar-refractivity contribution is -0.107. The molecule has 2 aliphatic rings. The summed E-state index contributed by atoms with van der Waals surface area (Å²) in [6.07, 6.45) is 8.62. The van der Waals surface area contributed by atoms with Crippen molar-refractivity contribution in [2.75, 3.05) is 38.2 Å². The normalized spacial score (nSPS) is 26.8. The Morgan fingerprint density at radius 1 is 1.59 bits per heavy atom. The molecule has 0 bridgehead atoms. The van der Waals surface area contributed by atoms with Gasteiger partial charge in [0.2, 0.25) is 0 Å². The minimum atomic E-state index is -0.180. The summed E-state index contributed by atoms with van der Waals surface area (Å²) in [4.78, 5) is 9.35. The largest absolute Gasteiger partial charge is 0.404 e. The van der Waals surface area contributed by atoms with Gasteiger partial charge >= 0.3 is 0 Å². The number of piperidine rings is 1. The van der Waals surface area contributed by atoms with E-state index in [0.29, 0.717) is 6.04 Å². The van der Waals surface area contributed by atoms with Gasteiger partial charge in [-0.25, -0.2) is 0 Å². The number of nitrogens with two attached hydrogens (primary N) is 1. The van der Waals surface area contributed by atoms with Gasteiger partial charge in [-0.15, -0.1) is 11.3 Å². The van der Waals surface area contributed by atoms with Gasteiger partial charge in [-0.05, 0) is 55.8 Å². The van der Waals surface area contributed by atoms with Crippen LogP contribution in [0.25, 0.3) is 0 Å². The number of ether oxygens (including phenoxy) is 1. The molecule has 0 radical (unpaired) electrons. The van der Waals surface area contributed by atoms with Crippen LogP contribution >= 0.6 is 23.1 Å². The fraction of sp³-hybridized carbons (Fsp3) is 0.650. The summed E-state index contributed by atoms with van der Waals surface area (Å²) in [5, 5.41) is 9.53. The monoisotopic (exact) mass is 409 g/mol. The van der Waals surface area contributed by atoms with Gasteiger partial charge in [0.15, 0.2) is 0 Å². The van der Waals surface area contributed by atoms with Gasteiger partial charge in [-0.2, -0.15) is 11.8 Å². The first-order valence-electron chi connectivity index (χ1n) is 9.62. The van der Waals surface area contributed by atoms with Crippen LogP contribution in [0.5, 0.6) is 0 Å². The minimum Gasteiger partial charge on any atom is -0.404 e. The predicted molar refractivity (Wildman–Crippen MR) is 116 cm³/mol. The van der Waals surface area contributed by atoms with Crippen molar-refractivity contribution in [2.45, 2.75) is 44.4 Å². The van der Waals surface area contributed by atoms with Gasteiger partial charge in [-0.1, -0.05) is 0 Å². The maximum Gasteiger partial charge on any atom is 0.105 e. The molecule has 0 aliphatic carbocycles. The topological polar surface area (TPSA) is 71.1 Å². The molecule has 3 heterocycles. The van der Waals surface area contributed by atoms with E-state index in [1.807, 2.05) is 6.21 Å². The van der Waals surface area contributed by atoms with Gasteiger partial charge in [0.05, 0.1) is 13.2 Å². The third kappa shape index (κ3) is 4.77. The molecular weight excluding hydrogens is 378 g/mol. The molecule has 27 heavy (non-hydrogen) atoms. The minimum absolute atomic E-state index is 0.121. The molecule has 5 nitrogen and oxygen atoms in total. The second kappa shape index (κ2) is 9.56. The highest BCUT2D eigenvalue weighted by molar-refractivity contribution is 7.98. The number of aliphatic hydroxyl groups is 1. The van der Waals surface area contributed by atoms with Gasteiger partial charge in [0.1, 0.15) is 5.60 Å². The predicted octanol–water partition coefficient (Wildman–Crippen LogP) is 2.77. The second-order valence-electron chi connectivity index (χ2n) is 7.36. The van der Waals surface area contributed by atoms with Crippen LogP contribution in [0.1, 0.15) is 35.1 Å². The first-order valence-corrected chi connectivity index (χ1v) is 11.8. The van der Waals surface area contributed by atoms with Crippen LogP contribution < -0.4 is 5.73 Å². The molecule has 0 saturated carbocycles. The van der Waals surface area contributed by atoms with Crippen molar-refractivity contribution >= 4 is 29.3 Å². The molecule has 1 saturated heterocycles. The molecule has 3 N–H and O–H groups in total. The number of fused-ring (bicyclic) bond motifs is 2. The molecule has 3 rings (SSSR count). The summed E-state index contributed by atoms with van der Waals surface area (Å²) in [7, 11) is 0. The average molecular weight is 410 g/mol. The van der Waals surface area contributed by atoms with Crippen molar-refractivity contribution in [1.82, 2.24) is 4.90 Å². The number of thioether (sulfide) groups is 1. The highest BCUT2D eigenvalue weighted by Gasteiger charge is 2.44. The van der Waals surface area contributed by atoms with E-state index in [4.69, 9.17) is 10.5 Å². The summed E-state index contributed by atoms with van der Waals surface area (Å²) in [6.45, 7) is 5.81. The van der Waals surface area contributed by atoms with Crippen LogP contribution in [0.2, 0.25) is 0 Å². The van der Waals surface area contributed by atoms with Gasteiger partial charge in [0.25, 0.3) is 0 Å². The van der Waals surface area contributed by atoms with E-state index < -0.39 is 0 Å². The molecule has 7 heteroatoms. The average Bonchev–Trinajstić information content (AvgIpc) is 3.11. The zero-order chi connectivity index (χ0) is 19.3. The van der Waals surface area contributed by atoms with Crippen LogP contribution in [0.4, 0.5) is 0 Å². The van der Waals surface area contributed by atoms with E-state index >= 15 is 0 Å². The van der Waals surface area contributed by atoms with Crippen LogP contribution in [-0.4, -0.2) is 60.5 Å². The summed E-state index contributed by atoms with van der Waals surface area (Å²) in [5.74, 6) is 1.04. The molecule has 0 amide bonds. The summed E-state index contributed by atoms with van der Waals surface area (Å²) in [5.41, 5.74) is 8.10. The number of hydrogen-bond acceptors (Lipinski definition) is 7. The summed E-state index contributed by atoms with van der Waals surface area (Å²) >= 11 is 3.53. The summed E-state index contributed by atoms with van der Waals surface area (Å²) in [6, 6.07) is 2.57. The molecule has 2 atom stereocenters. The maximum absolute atomic E-state index is 9.53. The molecule has 1 fully saturated rings. The van der Waals surface area contributed by atoms with Crippen molar-refractivity contribution in [3.8, 4) is 0 Å². The maximum atomic E-state index is 9.53. The molecule has 2 aliphatic heterocycles. The van der Waals surface area contributed by atoms with E-state index in [9.17, 15) is 5.11 Å². The van der Waals surface area contributed by atoms with E-state index in [2.05, 4.69) is 29.1 Å². The van der Waals surface area contributed by atoms with Crippen molar-refractivity contribution in [1.29, 1.82) is 0 Å². The molecule has 1 aromatic heterocycles. The summed E-state index contributed by atoms with van der Waals surface area (Å²) < 4.78 is 6.37. The lowest BCUT2D eigenvalue weighted by Crippen LogP contribution is -2.50. The molecule has 0 aromatic carbocycles. The van der Waals surface area contributed by atoms with E-state index in [1.165, 1.54) is 10.4 Å². The molecule has 1 spiro atoms. The molecule has 1 unspecified atom stereocenters. The fourth-order valence-electron chi connectivity index (χ4n) is 4.08. The third-order valence-corrected chi connectivity index (χ3v) is 7.45. The standard InChI is InChI=1S/C20H31N3O2S2/c1-15-10-20(19-17(3-7-25-20)9-18(14-24)27-19)4-6-23(15)13-16(11-21)12-22-5-8-26-2/h9,11-12,15,24H,3-8,10,13-14,21H2,1-2H3/t15-,20?/m0/s1. The first-order chi connectivity index (χ1) is 13.1. The fourth-order valence-corrected chi connectivity index (χ4v) is 5.62. The Balaban J connectivity index is 1.66. The number of hydrogen-bond donors (Lipinski definition) is 2. The van der Waals surface area contributed by atoms with Gasteiger partial charge < -0.3 is 15.6 Å².